The zero-order valence-electron chi connectivity index (χ0n) is 16.9. The highest BCUT2D eigenvalue weighted by Gasteiger charge is 2.14. The molecule has 0 unspecified atom stereocenters. The van der Waals surface area contributed by atoms with Crippen LogP contribution in [0.1, 0.15) is 29.4 Å². The number of rotatable bonds is 6. The summed E-state index contributed by atoms with van der Waals surface area (Å²) in [4.78, 5) is 13.4. The van der Waals surface area contributed by atoms with Gasteiger partial charge in [-0.25, -0.2) is 5.43 Å². The molecule has 150 valence electrons. The molecule has 1 atom stereocenters. The third-order valence-electron chi connectivity index (χ3n) is 4.65. The second-order valence-electron chi connectivity index (χ2n) is 6.92. The summed E-state index contributed by atoms with van der Waals surface area (Å²) in [7, 11) is 0. The number of carbonyl (C=O) groups is 1. The van der Waals surface area contributed by atoms with Crippen LogP contribution in [-0.2, 0) is 4.79 Å². The minimum Gasteiger partial charge on any atom is -0.317 e. The van der Waals surface area contributed by atoms with E-state index in [-0.39, 0.29) is 11.2 Å². The molecule has 0 fully saturated rings. The number of para-hydroxylation sites is 1. The van der Waals surface area contributed by atoms with E-state index in [1.165, 1.54) is 17.3 Å². The van der Waals surface area contributed by atoms with Crippen LogP contribution in [-0.4, -0.2) is 21.9 Å². The summed E-state index contributed by atoms with van der Waals surface area (Å²) in [5, 5.41) is 3.95. The summed E-state index contributed by atoms with van der Waals surface area (Å²) in [6.45, 7) is 8.04. The normalized spacial score (nSPS) is 12.3. The fourth-order valence-corrected chi connectivity index (χ4v) is 4.38. The quantitative estimate of drug-likeness (QED) is 0.281. The molecule has 1 amide bonds. The average molecular weight is 470 g/mol. The van der Waals surface area contributed by atoms with Crippen molar-refractivity contribution >= 4 is 39.8 Å². The number of amides is 1. The van der Waals surface area contributed by atoms with Crippen LogP contribution >= 0.6 is 27.7 Å². The number of aryl methyl sites for hydroxylation is 2. The third-order valence-corrected chi connectivity index (χ3v) is 6.43. The Morgan fingerprint density at radius 3 is 2.52 bits per heavy atom. The molecule has 3 aromatic rings. The van der Waals surface area contributed by atoms with Crippen molar-refractivity contribution in [3.8, 4) is 5.69 Å². The van der Waals surface area contributed by atoms with Crippen LogP contribution in [0, 0.1) is 20.8 Å². The summed E-state index contributed by atoms with van der Waals surface area (Å²) >= 11 is 5.14. The van der Waals surface area contributed by atoms with Crippen LogP contribution in [0.4, 0.5) is 0 Å². The summed E-state index contributed by atoms with van der Waals surface area (Å²) in [6.07, 6.45) is 1.71. The first-order chi connectivity index (χ1) is 13.9. The van der Waals surface area contributed by atoms with E-state index in [1.54, 1.807) is 6.21 Å². The van der Waals surface area contributed by atoms with Crippen molar-refractivity contribution in [2.75, 3.05) is 0 Å². The number of hydrazone groups is 1. The van der Waals surface area contributed by atoms with Gasteiger partial charge in [0.25, 0.3) is 5.91 Å². The van der Waals surface area contributed by atoms with Gasteiger partial charge in [0, 0.05) is 26.3 Å². The molecule has 2 aromatic carbocycles. The van der Waals surface area contributed by atoms with Crippen LogP contribution in [0.15, 0.2) is 69.1 Å². The zero-order valence-corrected chi connectivity index (χ0v) is 19.3. The minimum atomic E-state index is -0.234. The lowest BCUT2D eigenvalue weighted by molar-refractivity contribution is -0.120. The van der Waals surface area contributed by atoms with Gasteiger partial charge in [-0.2, -0.15) is 5.10 Å². The number of nitrogens with one attached hydrogen (secondary N) is 1. The van der Waals surface area contributed by atoms with Gasteiger partial charge in [0.1, 0.15) is 0 Å². The van der Waals surface area contributed by atoms with Crippen molar-refractivity contribution in [3.05, 3.63) is 81.6 Å². The Balaban J connectivity index is 1.67. The van der Waals surface area contributed by atoms with E-state index in [0.29, 0.717) is 0 Å². The van der Waals surface area contributed by atoms with E-state index >= 15 is 0 Å². The Bertz CT molecular complexity index is 1040. The molecule has 1 N–H and O–H groups in total. The second kappa shape index (κ2) is 9.46. The van der Waals surface area contributed by atoms with Gasteiger partial charge < -0.3 is 4.57 Å². The maximum atomic E-state index is 12.4. The molecule has 0 radical (unpaired) electrons. The van der Waals surface area contributed by atoms with Gasteiger partial charge in [-0.1, -0.05) is 29.8 Å². The molecular formula is C23H24BrN3OS. The number of hydrogen-bond donors (Lipinski definition) is 1. The Hall–Kier alpha value is -2.31. The van der Waals surface area contributed by atoms with Crippen LogP contribution in [0.3, 0.4) is 0 Å². The van der Waals surface area contributed by atoms with Gasteiger partial charge in [-0.15, -0.1) is 11.8 Å². The molecule has 1 aromatic heterocycles. The molecule has 3 rings (SSSR count). The second-order valence-corrected chi connectivity index (χ2v) is 9.19. The van der Waals surface area contributed by atoms with Gasteiger partial charge in [-0.05, 0) is 74.0 Å². The predicted molar refractivity (Wildman–Crippen MR) is 125 cm³/mol. The van der Waals surface area contributed by atoms with Gasteiger partial charge in [0.15, 0.2) is 0 Å². The molecule has 0 saturated carbocycles. The van der Waals surface area contributed by atoms with Gasteiger partial charge in [0.05, 0.1) is 17.2 Å². The molecule has 0 spiro atoms. The van der Waals surface area contributed by atoms with Crippen LogP contribution in [0.5, 0.6) is 0 Å². The zero-order chi connectivity index (χ0) is 21.0. The lowest BCUT2D eigenvalue weighted by atomic mass is 10.2. The maximum absolute atomic E-state index is 12.4. The average Bonchev–Trinajstić information content (AvgIpc) is 2.97. The molecule has 0 aliphatic rings. The van der Waals surface area contributed by atoms with E-state index in [4.69, 9.17) is 0 Å². The number of aromatic nitrogens is 1. The Kier molecular flexibility index (Phi) is 6.98. The van der Waals surface area contributed by atoms with Crippen LogP contribution in [0.2, 0.25) is 0 Å². The fraction of sp³-hybridized carbons (Fsp3) is 0.217. The van der Waals surface area contributed by atoms with Gasteiger partial charge >= 0.3 is 0 Å². The highest BCUT2D eigenvalue weighted by Crippen LogP contribution is 2.26. The number of thioether (sulfide) groups is 1. The van der Waals surface area contributed by atoms with Crippen LogP contribution in [0.25, 0.3) is 5.69 Å². The summed E-state index contributed by atoms with van der Waals surface area (Å²) in [5.41, 5.74) is 8.08. The first-order valence-electron chi connectivity index (χ1n) is 9.37. The molecule has 0 aliphatic carbocycles. The Morgan fingerprint density at radius 1 is 1.14 bits per heavy atom. The number of halogens is 1. The first kappa shape index (κ1) is 21.4. The molecule has 1 heterocycles. The molecule has 0 aliphatic heterocycles. The standard InChI is InChI=1S/C23H24BrN3OS/c1-15-9-11-20(12-10-15)29-18(4)23(28)26-25-14-19-13-16(2)27(17(19)3)22-8-6-5-7-21(22)24/h5-14,18H,1-4H3,(H,26,28)/b25-14-/t18-/m1/s1. The molecule has 0 bridgehead atoms. The van der Waals surface area contributed by atoms with E-state index in [0.717, 1.165) is 32.0 Å². The summed E-state index contributed by atoms with van der Waals surface area (Å²) in [5.74, 6) is -0.119. The van der Waals surface area contributed by atoms with E-state index < -0.39 is 0 Å². The summed E-state index contributed by atoms with van der Waals surface area (Å²) < 4.78 is 3.20. The Morgan fingerprint density at radius 2 is 1.83 bits per heavy atom. The van der Waals surface area contributed by atoms with Crippen molar-refractivity contribution < 1.29 is 4.79 Å². The SMILES string of the molecule is Cc1ccc(S[C@H](C)C(=O)N/N=C\c2cc(C)n(-c3ccccc3Br)c2C)cc1. The molecule has 4 nitrogen and oxygen atoms in total. The number of benzene rings is 2. The maximum Gasteiger partial charge on any atom is 0.253 e. The van der Waals surface area contributed by atoms with Gasteiger partial charge in [0.2, 0.25) is 0 Å². The molecule has 29 heavy (non-hydrogen) atoms. The third kappa shape index (κ3) is 5.19. The minimum absolute atomic E-state index is 0.119. The summed E-state index contributed by atoms with van der Waals surface area (Å²) in [6, 6.07) is 18.3. The monoisotopic (exact) mass is 469 g/mol. The fourth-order valence-electron chi connectivity index (χ4n) is 3.05. The number of hydrogen-bond acceptors (Lipinski definition) is 3. The highest BCUT2D eigenvalue weighted by atomic mass is 79.9. The van der Waals surface area contributed by atoms with E-state index in [1.807, 2.05) is 63.2 Å². The Labute approximate surface area is 184 Å². The van der Waals surface area contributed by atoms with Crippen molar-refractivity contribution in [1.29, 1.82) is 0 Å². The van der Waals surface area contributed by atoms with Crippen molar-refractivity contribution in [2.24, 2.45) is 5.10 Å². The topological polar surface area (TPSA) is 46.4 Å². The molecule has 6 heteroatoms. The van der Waals surface area contributed by atoms with Crippen molar-refractivity contribution in [1.82, 2.24) is 9.99 Å². The predicted octanol–water partition coefficient (Wildman–Crippen LogP) is 5.80. The largest absolute Gasteiger partial charge is 0.317 e. The van der Waals surface area contributed by atoms with Crippen molar-refractivity contribution in [3.63, 3.8) is 0 Å². The molecular weight excluding hydrogens is 446 g/mol. The van der Waals surface area contributed by atoms with Gasteiger partial charge in [-0.3, -0.25) is 4.79 Å². The van der Waals surface area contributed by atoms with E-state index in [2.05, 4.69) is 50.1 Å². The highest BCUT2D eigenvalue weighted by molar-refractivity contribution is 9.10. The lowest BCUT2D eigenvalue weighted by Gasteiger charge is -2.11. The van der Waals surface area contributed by atoms with Crippen molar-refractivity contribution in [2.45, 2.75) is 37.8 Å². The number of nitrogens with zero attached hydrogens (tertiary/aromatic N) is 2. The lowest BCUT2D eigenvalue weighted by Crippen LogP contribution is -2.26. The first-order valence-corrected chi connectivity index (χ1v) is 11.0. The van der Waals surface area contributed by atoms with Crippen LogP contribution < -0.4 is 5.43 Å². The smallest absolute Gasteiger partial charge is 0.253 e. The number of carbonyl (C=O) groups excluding carboxylic acids is 1. The van der Waals surface area contributed by atoms with E-state index in [9.17, 15) is 4.79 Å². The molecule has 0 saturated heterocycles.